The Balaban J connectivity index is 2.20. The first-order chi connectivity index (χ1) is 9.85. The van der Waals surface area contributed by atoms with Crippen LogP contribution in [-0.2, 0) is 12.8 Å². The van der Waals surface area contributed by atoms with Crippen LogP contribution in [0.15, 0.2) is 24.3 Å². The highest BCUT2D eigenvalue weighted by Gasteiger charge is 2.22. The second kappa shape index (κ2) is 5.77. The van der Waals surface area contributed by atoms with E-state index in [0.29, 0.717) is 13.1 Å². The van der Waals surface area contributed by atoms with Gasteiger partial charge in [0.2, 0.25) is 0 Å². The molecule has 0 atom stereocenters. The Morgan fingerprint density at radius 2 is 1.80 bits per heavy atom. The predicted molar refractivity (Wildman–Crippen MR) is 80.2 cm³/mol. The summed E-state index contributed by atoms with van der Waals surface area (Å²) in [5.74, 6) is 0. The van der Waals surface area contributed by atoms with Crippen molar-refractivity contribution < 1.29 is 10.2 Å². The average Bonchev–Trinajstić information content (AvgIpc) is 2.92. The van der Waals surface area contributed by atoms with Crippen LogP contribution in [0.3, 0.4) is 0 Å². The molecular weight excluding hydrogens is 252 g/mol. The molecule has 2 N–H and O–H groups in total. The molecule has 0 radical (unpaired) electrons. The maximum Gasteiger partial charge on any atom is 0.0726 e. The number of anilines is 1. The number of rotatable bonds is 5. The number of aliphatic hydroxyl groups excluding tert-OH is 2. The normalized spacial score (nSPS) is 13.7. The Morgan fingerprint density at radius 3 is 2.55 bits per heavy atom. The second-order valence-electron chi connectivity index (χ2n) is 5.19. The van der Waals surface area contributed by atoms with Crippen LogP contribution < -0.4 is 4.90 Å². The lowest BCUT2D eigenvalue weighted by molar-refractivity contribution is 0.281. The highest BCUT2D eigenvalue weighted by molar-refractivity contribution is 5.94. The zero-order chi connectivity index (χ0) is 13.9. The minimum atomic E-state index is 0.0887. The van der Waals surface area contributed by atoms with E-state index >= 15 is 0 Å². The Kier molecular flexibility index (Phi) is 3.85. The van der Waals surface area contributed by atoms with Crippen molar-refractivity contribution in [3.63, 3.8) is 0 Å². The van der Waals surface area contributed by atoms with Gasteiger partial charge in [-0.2, -0.15) is 0 Å². The van der Waals surface area contributed by atoms with E-state index in [1.54, 1.807) is 0 Å². The van der Waals surface area contributed by atoms with E-state index in [0.717, 1.165) is 35.9 Å². The fourth-order valence-corrected chi connectivity index (χ4v) is 3.12. The summed E-state index contributed by atoms with van der Waals surface area (Å²) in [4.78, 5) is 6.86. The number of aromatic nitrogens is 1. The van der Waals surface area contributed by atoms with E-state index in [1.807, 2.05) is 18.2 Å². The highest BCUT2D eigenvalue weighted by atomic mass is 16.3. The van der Waals surface area contributed by atoms with Crippen LogP contribution in [0.1, 0.15) is 17.7 Å². The predicted octanol–water partition coefficient (Wildman–Crippen LogP) is 1.51. The summed E-state index contributed by atoms with van der Waals surface area (Å²) in [6.07, 6.45) is 3.20. The zero-order valence-corrected chi connectivity index (χ0v) is 11.5. The van der Waals surface area contributed by atoms with Crippen LogP contribution in [0.4, 0.5) is 5.69 Å². The summed E-state index contributed by atoms with van der Waals surface area (Å²) in [6, 6.07) is 8.14. The molecule has 1 aromatic heterocycles. The van der Waals surface area contributed by atoms with Gasteiger partial charge in [-0.05, 0) is 30.9 Å². The van der Waals surface area contributed by atoms with E-state index in [9.17, 15) is 10.2 Å². The molecule has 0 aliphatic heterocycles. The summed E-state index contributed by atoms with van der Waals surface area (Å²) in [7, 11) is 0. The van der Waals surface area contributed by atoms with Gasteiger partial charge in [0.1, 0.15) is 0 Å². The van der Waals surface area contributed by atoms with Gasteiger partial charge < -0.3 is 15.1 Å². The van der Waals surface area contributed by atoms with Crippen molar-refractivity contribution in [2.75, 3.05) is 31.2 Å². The number of hydrogen-bond donors (Lipinski definition) is 2. The van der Waals surface area contributed by atoms with E-state index < -0.39 is 0 Å². The molecule has 0 saturated carbocycles. The lowest BCUT2D eigenvalue weighted by Gasteiger charge is -2.27. The molecule has 1 aliphatic carbocycles. The number of para-hydroxylation sites is 1. The van der Waals surface area contributed by atoms with Crippen LogP contribution in [0.5, 0.6) is 0 Å². The molecule has 4 nitrogen and oxygen atoms in total. The van der Waals surface area contributed by atoms with Gasteiger partial charge in [-0.1, -0.05) is 18.2 Å². The largest absolute Gasteiger partial charge is 0.395 e. The summed E-state index contributed by atoms with van der Waals surface area (Å²) < 4.78 is 0. The molecule has 1 heterocycles. The Bertz CT molecular complexity index is 607. The molecule has 2 aromatic rings. The number of aliphatic hydroxyl groups is 2. The van der Waals surface area contributed by atoms with Crippen LogP contribution in [0, 0.1) is 0 Å². The number of benzene rings is 1. The van der Waals surface area contributed by atoms with Crippen molar-refractivity contribution in [3.05, 3.63) is 35.5 Å². The Morgan fingerprint density at radius 1 is 1.05 bits per heavy atom. The number of pyridine rings is 1. The third-order valence-electron chi connectivity index (χ3n) is 3.95. The van der Waals surface area contributed by atoms with Crippen molar-refractivity contribution in [3.8, 4) is 0 Å². The topological polar surface area (TPSA) is 56.6 Å². The minimum Gasteiger partial charge on any atom is -0.395 e. The Labute approximate surface area is 118 Å². The van der Waals surface area contributed by atoms with E-state index in [1.165, 1.54) is 11.3 Å². The SMILES string of the molecule is OCCN(CCO)c1c2c(nc3ccccc13)CCC2. The molecule has 0 bridgehead atoms. The van der Waals surface area contributed by atoms with Gasteiger partial charge in [0, 0.05) is 24.2 Å². The van der Waals surface area contributed by atoms with E-state index in [2.05, 4.69) is 11.0 Å². The van der Waals surface area contributed by atoms with Gasteiger partial charge >= 0.3 is 0 Å². The molecule has 0 amide bonds. The van der Waals surface area contributed by atoms with Crippen LogP contribution in [0.2, 0.25) is 0 Å². The third kappa shape index (κ3) is 2.25. The number of fused-ring (bicyclic) bond motifs is 2. The second-order valence-corrected chi connectivity index (χ2v) is 5.19. The summed E-state index contributed by atoms with van der Waals surface area (Å²) in [5.41, 5.74) is 4.64. The van der Waals surface area contributed by atoms with Gasteiger partial charge in [0.25, 0.3) is 0 Å². The molecule has 0 spiro atoms. The minimum absolute atomic E-state index is 0.0887. The molecule has 0 unspecified atom stereocenters. The molecule has 106 valence electrons. The van der Waals surface area contributed by atoms with Gasteiger partial charge in [0.05, 0.1) is 24.4 Å². The Hall–Kier alpha value is -1.65. The van der Waals surface area contributed by atoms with Gasteiger partial charge in [0.15, 0.2) is 0 Å². The quantitative estimate of drug-likeness (QED) is 0.866. The molecule has 1 aliphatic rings. The molecular formula is C16H20N2O2. The van der Waals surface area contributed by atoms with Gasteiger partial charge in [-0.25, -0.2) is 0 Å². The van der Waals surface area contributed by atoms with E-state index in [4.69, 9.17) is 4.98 Å². The van der Waals surface area contributed by atoms with Crippen molar-refractivity contribution in [1.29, 1.82) is 0 Å². The zero-order valence-electron chi connectivity index (χ0n) is 11.5. The first kappa shape index (κ1) is 13.3. The molecule has 1 aromatic carbocycles. The van der Waals surface area contributed by atoms with Gasteiger partial charge in [-0.3, -0.25) is 4.98 Å². The lowest BCUT2D eigenvalue weighted by Crippen LogP contribution is -2.31. The lowest BCUT2D eigenvalue weighted by atomic mass is 10.1. The fourth-order valence-electron chi connectivity index (χ4n) is 3.12. The van der Waals surface area contributed by atoms with Crippen molar-refractivity contribution in [1.82, 2.24) is 4.98 Å². The van der Waals surface area contributed by atoms with Gasteiger partial charge in [-0.15, -0.1) is 0 Å². The number of hydrogen-bond acceptors (Lipinski definition) is 4. The van der Waals surface area contributed by atoms with E-state index in [-0.39, 0.29) is 13.2 Å². The van der Waals surface area contributed by atoms with Crippen molar-refractivity contribution in [2.45, 2.75) is 19.3 Å². The standard InChI is InChI=1S/C16H20N2O2/c19-10-8-18(9-11-20)16-12-4-1-2-6-14(12)17-15-7-3-5-13(15)16/h1-2,4,6,19-20H,3,5,7-11H2. The van der Waals surface area contributed by atoms with Crippen LogP contribution >= 0.6 is 0 Å². The highest BCUT2D eigenvalue weighted by Crippen LogP contribution is 2.36. The molecule has 0 fully saturated rings. The molecule has 20 heavy (non-hydrogen) atoms. The smallest absolute Gasteiger partial charge is 0.0726 e. The fraction of sp³-hybridized carbons (Fsp3) is 0.438. The monoisotopic (exact) mass is 272 g/mol. The molecule has 4 heteroatoms. The average molecular weight is 272 g/mol. The maximum absolute atomic E-state index is 9.31. The summed E-state index contributed by atoms with van der Waals surface area (Å²) in [5, 5.41) is 19.7. The molecule has 0 saturated heterocycles. The first-order valence-corrected chi connectivity index (χ1v) is 7.22. The number of aryl methyl sites for hydroxylation is 1. The van der Waals surface area contributed by atoms with Crippen molar-refractivity contribution in [2.24, 2.45) is 0 Å². The van der Waals surface area contributed by atoms with Crippen molar-refractivity contribution >= 4 is 16.6 Å². The third-order valence-corrected chi connectivity index (χ3v) is 3.95. The summed E-state index contributed by atoms with van der Waals surface area (Å²) in [6.45, 7) is 1.26. The first-order valence-electron chi connectivity index (χ1n) is 7.22. The van der Waals surface area contributed by atoms with Crippen LogP contribution in [-0.4, -0.2) is 41.5 Å². The van der Waals surface area contributed by atoms with Crippen LogP contribution in [0.25, 0.3) is 10.9 Å². The summed E-state index contributed by atoms with van der Waals surface area (Å²) >= 11 is 0. The molecule has 3 rings (SSSR count). The maximum atomic E-state index is 9.31. The number of nitrogens with zero attached hydrogens (tertiary/aromatic N) is 2.